The highest BCUT2D eigenvalue weighted by atomic mass is 32.1. The van der Waals surface area contributed by atoms with Crippen LogP contribution in [0, 0.1) is 6.07 Å². The zero-order valence-corrected chi connectivity index (χ0v) is 9.67. The Labute approximate surface area is 92.6 Å². The summed E-state index contributed by atoms with van der Waals surface area (Å²) in [7, 11) is 4.01. The van der Waals surface area contributed by atoms with E-state index in [2.05, 4.69) is 11.0 Å². The highest BCUT2D eigenvalue weighted by Gasteiger charge is 2.06. The van der Waals surface area contributed by atoms with Crippen molar-refractivity contribution in [2.24, 2.45) is 0 Å². The van der Waals surface area contributed by atoms with Crippen LogP contribution >= 0.6 is 11.3 Å². The van der Waals surface area contributed by atoms with Crippen molar-refractivity contribution in [1.82, 2.24) is 9.47 Å². The van der Waals surface area contributed by atoms with Crippen LogP contribution in [0.15, 0.2) is 23.0 Å². The van der Waals surface area contributed by atoms with Gasteiger partial charge in [-0.25, -0.2) is 0 Å². The molecule has 0 aliphatic rings. The molecule has 0 N–H and O–H groups in total. The number of aromatic nitrogens is 1. The third-order valence-electron chi connectivity index (χ3n) is 2.26. The van der Waals surface area contributed by atoms with Crippen LogP contribution in [-0.4, -0.2) is 30.1 Å². The molecule has 1 aromatic heterocycles. The fraction of sp³-hybridized carbons (Fsp3) is 0.364. The monoisotopic (exact) mass is 221 g/mol. The van der Waals surface area contributed by atoms with Crippen molar-refractivity contribution >= 4 is 21.6 Å². The fourth-order valence-corrected chi connectivity index (χ4v) is 2.34. The first-order valence-corrected chi connectivity index (χ1v) is 5.65. The summed E-state index contributed by atoms with van der Waals surface area (Å²) >= 11 is 1.29. The predicted octanol–water partition coefficient (Wildman–Crippen LogP) is 1.42. The van der Waals surface area contributed by atoms with Gasteiger partial charge in [0.25, 0.3) is 0 Å². The highest BCUT2D eigenvalue weighted by Crippen LogP contribution is 2.15. The zero-order valence-electron chi connectivity index (χ0n) is 8.86. The molecular formula is C11H13N2OS. The summed E-state index contributed by atoms with van der Waals surface area (Å²) in [5.41, 5.74) is 0.925. The molecule has 1 aromatic carbocycles. The van der Waals surface area contributed by atoms with Crippen molar-refractivity contribution in [2.75, 3.05) is 20.6 Å². The lowest BCUT2D eigenvalue weighted by molar-refractivity contribution is 0.385. The first-order valence-electron chi connectivity index (χ1n) is 4.83. The third-order valence-corrected chi connectivity index (χ3v) is 3.20. The maximum Gasteiger partial charge on any atom is 0.308 e. The van der Waals surface area contributed by atoms with E-state index in [1.165, 1.54) is 11.3 Å². The maximum absolute atomic E-state index is 11.7. The first kappa shape index (κ1) is 10.4. The second-order valence-corrected chi connectivity index (χ2v) is 4.70. The molecule has 0 bridgehead atoms. The van der Waals surface area contributed by atoms with Crippen LogP contribution in [0.3, 0.4) is 0 Å². The molecular weight excluding hydrogens is 208 g/mol. The van der Waals surface area contributed by atoms with Gasteiger partial charge in [-0.1, -0.05) is 23.5 Å². The Morgan fingerprint density at radius 1 is 1.53 bits per heavy atom. The van der Waals surface area contributed by atoms with Crippen LogP contribution in [0.4, 0.5) is 0 Å². The van der Waals surface area contributed by atoms with Crippen LogP contribution in [-0.2, 0) is 6.54 Å². The summed E-state index contributed by atoms with van der Waals surface area (Å²) in [6.07, 6.45) is 0. The Bertz CT molecular complexity index is 513. The van der Waals surface area contributed by atoms with Gasteiger partial charge in [0.05, 0.1) is 10.2 Å². The largest absolute Gasteiger partial charge is 0.308 e. The molecule has 2 aromatic rings. The summed E-state index contributed by atoms with van der Waals surface area (Å²) in [5, 5.41) is 0. The van der Waals surface area contributed by atoms with Crippen LogP contribution in [0.2, 0.25) is 0 Å². The SMILES string of the molecule is CN(C)CCn1c(=O)sc2ccc[c]c21. The molecule has 1 heterocycles. The van der Waals surface area contributed by atoms with Gasteiger partial charge in [0, 0.05) is 19.2 Å². The van der Waals surface area contributed by atoms with E-state index >= 15 is 0 Å². The number of hydrogen-bond acceptors (Lipinski definition) is 3. The third kappa shape index (κ3) is 2.11. The summed E-state index contributed by atoms with van der Waals surface area (Å²) in [6.45, 7) is 1.60. The van der Waals surface area contributed by atoms with Gasteiger partial charge in [-0.3, -0.25) is 9.36 Å². The van der Waals surface area contributed by atoms with E-state index in [1.807, 2.05) is 32.3 Å². The van der Waals surface area contributed by atoms with Crippen molar-refractivity contribution in [3.8, 4) is 0 Å². The molecule has 0 saturated carbocycles. The molecule has 0 unspecified atom stereocenters. The van der Waals surface area contributed by atoms with Crippen LogP contribution < -0.4 is 4.87 Å². The second-order valence-electron chi connectivity index (χ2n) is 3.71. The number of rotatable bonds is 3. The topological polar surface area (TPSA) is 25.2 Å². The fourth-order valence-electron chi connectivity index (χ4n) is 1.45. The molecule has 79 valence electrons. The molecule has 3 nitrogen and oxygen atoms in total. The maximum atomic E-state index is 11.7. The number of benzene rings is 1. The average Bonchev–Trinajstić information content (AvgIpc) is 2.50. The van der Waals surface area contributed by atoms with Crippen molar-refractivity contribution in [1.29, 1.82) is 0 Å². The van der Waals surface area contributed by atoms with Gasteiger partial charge < -0.3 is 4.90 Å². The van der Waals surface area contributed by atoms with Gasteiger partial charge in [0.15, 0.2) is 0 Å². The summed E-state index contributed by atoms with van der Waals surface area (Å²) < 4.78 is 2.81. The number of fused-ring (bicyclic) bond motifs is 1. The minimum atomic E-state index is 0.106. The van der Waals surface area contributed by atoms with Gasteiger partial charge in [0.2, 0.25) is 0 Å². The summed E-state index contributed by atoms with van der Waals surface area (Å²) in [6, 6.07) is 8.84. The van der Waals surface area contributed by atoms with Crippen molar-refractivity contribution < 1.29 is 0 Å². The number of hydrogen-bond donors (Lipinski definition) is 0. The molecule has 0 spiro atoms. The molecule has 0 fully saturated rings. The van der Waals surface area contributed by atoms with E-state index in [-0.39, 0.29) is 4.87 Å². The van der Waals surface area contributed by atoms with E-state index in [0.717, 1.165) is 23.3 Å². The molecule has 1 radical (unpaired) electrons. The zero-order chi connectivity index (χ0) is 10.8. The lowest BCUT2D eigenvalue weighted by atomic mass is 10.3. The highest BCUT2D eigenvalue weighted by molar-refractivity contribution is 7.16. The molecule has 0 amide bonds. The Hall–Kier alpha value is -1.13. The van der Waals surface area contributed by atoms with Crippen molar-refractivity contribution in [3.05, 3.63) is 33.9 Å². The molecule has 0 aliphatic carbocycles. The Balaban J connectivity index is 2.41. The molecule has 0 saturated heterocycles. The first-order chi connectivity index (χ1) is 7.18. The van der Waals surface area contributed by atoms with Crippen molar-refractivity contribution in [2.45, 2.75) is 6.54 Å². The van der Waals surface area contributed by atoms with Crippen LogP contribution in [0.5, 0.6) is 0 Å². The van der Waals surface area contributed by atoms with Gasteiger partial charge in [0.1, 0.15) is 0 Å². The van der Waals surface area contributed by atoms with Gasteiger partial charge in [-0.05, 0) is 20.2 Å². The standard InChI is InChI=1S/C11H13N2OS/c1-12(2)7-8-13-9-5-3-4-6-10(9)15-11(13)14/h3-4,6H,7-8H2,1-2H3. The Morgan fingerprint density at radius 3 is 3.07 bits per heavy atom. The predicted molar refractivity (Wildman–Crippen MR) is 63.5 cm³/mol. The molecule has 0 atom stereocenters. The quantitative estimate of drug-likeness (QED) is 0.783. The Morgan fingerprint density at radius 2 is 2.33 bits per heavy atom. The smallest absolute Gasteiger partial charge is 0.308 e. The summed E-state index contributed by atoms with van der Waals surface area (Å²) in [4.78, 5) is 13.9. The van der Waals surface area contributed by atoms with E-state index in [0.29, 0.717) is 0 Å². The number of thiazole rings is 1. The lowest BCUT2D eigenvalue weighted by Gasteiger charge is -2.09. The second kappa shape index (κ2) is 4.16. The van der Waals surface area contributed by atoms with E-state index < -0.39 is 0 Å². The van der Waals surface area contributed by atoms with Crippen LogP contribution in [0.25, 0.3) is 10.2 Å². The number of likely N-dealkylation sites (N-methyl/N-ethyl adjacent to an activating group) is 1. The number of para-hydroxylation sites is 1. The van der Waals surface area contributed by atoms with Crippen molar-refractivity contribution in [3.63, 3.8) is 0 Å². The Kier molecular flexibility index (Phi) is 2.88. The molecule has 0 aliphatic heterocycles. The molecule has 4 heteroatoms. The molecule has 15 heavy (non-hydrogen) atoms. The van der Waals surface area contributed by atoms with Crippen LogP contribution in [0.1, 0.15) is 0 Å². The van der Waals surface area contributed by atoms with Gasteiger partial charge in [-0.15, -0.1) is 0 Å². The molecule has 2 rings (SSSR count). The van der Waals surface area contributed by atoms with E-state index in [1.54, 1.807) is 4.57 Å². The average molecular weight is 221 g/mol. The minimum Gasteiger partial charge on any atom is -0.308 e. The van der Waals surface area contributed by atoms with Gasteiger partial charge >= 0.3 is 4.87 Å². The van der Waals surface area contributed by atoms with E-state index in [9.17, 15) is 4.79 Å². The lowest BCUT2D eigenvalue weighted by Crippen LogP contribution is -2.23. The normalized spacial score (nSPS) is 11.4. The number of nitrogens with zero attached hydrogens (tertiary/aromatic N) is 2. The minimum absolute atomic E-state index is 0.106. The summed E-state index contributed by atoms with van der Waals surface area (Å²) in [5.74, 6) is 0. The van der Waals surface area contributed by atoms with Gasteiger partial charge in [-0.2, -0.15) is 0 Å². The van der Waals surface area contributed by atoms with E-state index in [4.69, 9.17) is 0 Å².